The number of aromatic nitrogens is 4. The van der Waals surface area contributed by atoms with Gasteiger partial charge in [-0.15, -0.1) is 0 Å². The molecule has 2 aromatic heterocycles. The van der Waals surface area contributed by atoms with E-state index in [-0.39, 0.29) is 35.8 Å². The smallest absolute Gasteiger partial charge is 0.295 e. The number of halogens is 2. The summed E-state index contributed by atoms with van der Waals surface area (Å²) >= 11 is 0. The quantitative estimate of drug-likeness (QED) is 0.363. The fourth-order valence-corrected chi connectivity index (χ4v) is 5.12. The van der Waals surface area contributed by atoms with Crippen molar-refractivity contribution < 1.29 is 28.1 Å². The van der Waals surface area contributed by atoms with Gasteiger partial charge < -0.3 is 24.3 Å². The molecule has 3 aromatic carbocycles. The van der Waals surface area contributed by atoms with Gasteiger partial charge >= 0.3 is 0 Å². The minimum atomic E-state index is -0.782. The van der Waals surface area contributed by atoms with E-state index in [0.717, 1.165) is 16.8 Å². The summed E-state index contributed by atoms with van der Waals surface area (Å²) in [6.07, 6.45) is 1.43. The molecule has 2 saturated heterocycles. The van der Waals surface area contributed by atoms with Crippen molar-refractivity contribution in [2.24, 2.45) is 0 Å². The summed E-state index contributed by atoms with van der Waals surface area (Å²) in [6.45, 7) is 0.359. The molecule has 0 saturated carbocycles. The zero-order valence-corrected chi connectivity index (χ0v) is 19.9. The van der Waals surface area contributed by atoms with E-state index < -0.39 is 36.1 Å². The molecular formula is C28H22F2N4O4. The fourth-order valence-electron chi connectivity index (χ4n) is 5.12. The van der Waals surface area contributed by atoms with Crippen LogP contribution in [0.3, 0.4) is 0 Å². The summed E-state index contributed by atoms with van der Waals surface area (Å²) in [7, 11) is 0. The molecule has 0 bridgehead atoms. The van der Waals surface area contributed by atoms with Crippen LogP contribution in [0.2, 0.25) is 0 Å². The SMILES string of the molecule is O[C@@H]1CO[C@H]2[C@@H]1OC[C@H]2Oc1nc2c(F)c(-c3ccc(-c4ccc(-n5cccn5)cc4)cc3)c(F)cc2[nH]1. The summed E-state index contributed by atoms with van der Waals surface area (Å²) < 4.78 is 49.4. The number of nitrogens with zero attached hydrogens (tertiary/aromatic N) is 3. The summed E-state index contributed by atoms with van der Waals surface area (Å²) in [5.41, 5.74) is 3.19. The normalized spacial score (nSPS) is 22.7. The van der Waals surface area contributed by atoms with Gasteiger partial charge in [-0.2, -0.15) is 10.1 Å². The monoisotopic (exact) mass is 516 g/mol. The number of H-pyrrole nitrogens is 1. The minimum absolute atomic E-state index is 0.0301. The van der Waals surface area contributed by atoms with Crippen molar-refractivity contribution in [3.63, 3.8) is 0 Å². The highest BCUT2D eigenvalue weighted by Crippen LogP contribution is 2.35. The topological polar surface area (TPSA) is 94.4 Å². The number of hydrogen-bond donors (Lipinski definition) is 2. The zero-order chi connectivity index (χ0) is 25.8. The average Bonchev–Trinajstić information content (AvgIpc) is 3.73. The van der Waals surface area contributed by atoms with E-state index in [1.54, 1.807) is 23.0 Å². The molecule has 192 valence electrons. The second kappa shape index (κ2) is 9.02. The van der Waals surface area contributed by atoms with Gasteiger partial charge in [-0.1, -0.05) is 36.4 Å². The third-order valence-electron chi connectivity index (χ3n) is 7.04. The lowest BCUT2D eigenvalue weighted by atomic mass is 9.99. The molecule has 0 unspecified atom stereocenters. The Labute approximate surface area is 215 Å². The second-order valence-electron chi connectivity index (χ2n) is 9.38. The maximum Gasteiger partial charge on any atom is 0.295 e. The molecule has 0 amide bonds. The molecule has 2 N–H and O–H groups in total. The fraction of sp³-hybridized carbons (Fsp3) is 0.214. The number of aliphatic hydroxyl groups is 1. The highest BCUT2D eigenvalue weighted by atomic mass is 19.1. The Bertz CT molecular complexity index is 1600. The van der Waals surface area contributed by atoms with E-state index in [0.29, 0.717) is 5.56 Å². The van der Waals surface area contributed by atoms with Crippen molar-refractivity contribution >= 4 is 11.0 Å². The number of nitrogens with one attached hydrogen (secondary N) is 1. The maximum absolute atomic E-state index is 15.5. The number of aliphatic hydroxyl groups excluding tert-OH is 1. The van der Waals surface area contributed by atoms with Crippen LogP contribution in [0.5, 0.6) is 6.01 Å². The van der Waals surface area contributed by atoms with Crippen molar-refractivity contribution in [1.82, 2.24) is 19.7 Å². The number of rotatable bonds is 5. The van der Waals surface area contributed by atoms with Crippen LogP contribution in [0, 0.1) is 11.6 Å². The van der Waals surface area contributed by atoms with E-state index in [2.05, 4.69) is 15.1 Å². The second-order valence-corrected chi connectivity index (χ2v) is 9.38. The number of hydrogen-bond acceptors (Lipinski definition) is 6. The Morgan fingerprint density at radius 2 is 1.66 bits per heavy atom. The van der Waals surface area contributed by atoms with E-state index in [4.69, 9.17) is 14.2 Å². The van der Waals surface area contributed by atoms with E-state index >= 15 is 8.78 Å². The molecule has 10 heteroatoms. The van der Waals surface area contributed by atoms with Gasteiger partial charge in [0, 0.05) is 18.5 Å². The van der Waals surface area contributed by atoms with Gasteiger partial charge in [0.2, 0.25) is 0 Å². The first-order valence-electron chi connectivity index (χ1n) is 12.2. The van der Waals surface area contributed by atoms with Gasteiger partial charge in [0.15, 0.2) is 11.9 Å². The summed E-state index contributed by atoms with van der Waals surface area (Å²) in [5.74, 6) is -1.50. The predicted molar refractivity (Wildman–Crippen MR) is 134 cm³/mol. The molecule has 0 aliphatic carbocycles. The molecule has 0 radical (unpaired) electrons. The van der Waals surface area contributed by atoms with E-state index in [1.807, 2.05) is 48.7 Å². The lowest BCUT2D eigenvalue weighted by molar-refractivity contribution is 0.00706. The largest absolute Gasteiger partial charge is 0.456 e. The molecule has 7 rings (SSSR count). The predicted octanol–water partition coefficient (Wildman–Crippen LogP) is 4.27. The van der Waals surface area contributed by atoms with Crippen LogP contribution in [-0.4, -0.2) is 62.5 Å². The molecule has 4 atom stereocenters. The number of ether oxygens (including phenoxy) is 3. The van der Waals surface area contributed by atoms with Crippen LogP contribution in [-0.2, 0) is 9.47 Å². The molecule has 8 nitrogen and oxygen atoms in total. The summed E-state index contributed by atoms with van der Waals surface area (Å²) in [5, 5.41) is 14.1. The Kier molecular flexibility index (Phi) is 5.46. The first-order chi connectivity index (χ1) is 18.5. The standard InChI is InChI=1S/C28H22F2N4O4/c29-19-12-20-25(33-28(32-20)38-22-14-37-26-21(35)13-36-27(22)26)24(30)23(19)17-4-2-15(3-5-17)16-6-8-18(9-7-16)34-11-1-10-31-34/h1-12,21-22,26-27,35H,13-14H2,(H,32,33)/t21-,22-,26-,27-/m1/s1. The Balaban J connectivity index is 1.14. The molecule has 2 fully saturated rings. The maximum atomic E-state index is 15.5. The summed E-state index contributed by atoms with van der Waals surface area (Å²) in [6, 6.07) is 18.0. The van der Waals surface area contributed by atoms with Crippen molar-refractivity contribution in [2.45, 2.75) is 24.4 Å². The van der Waals surface area contributed by atoms with Gasteiger partial charge in [0.1, 0.15) is 29.6 Å². The first kappa shape index (κ1) is 23.0. The molecule has 4 heterocycles. The number of benzene rings is 3. The highest BCUT2D eigenvalue weighted by molar-refractivity contribution is 5.84. The number of imidazole rings is 1. The van der Waals surface area contributed by atoms with Crippen LogP contribution in [0.1, 0.15) is 0 Å². The highest BCUT2D eigenvalue weighted by Gasteiger charge is 2.48. The lowest BCUT2D eigenvalue weighted by Crippen LogP contribution is -2.34. The van der Waals surface area contributed by atoms with Crippen molar-refractivity contribution in [3.05, 3.63) is 84.7 Å². The Morgan fingerprint density at radius 1 is 0.947 bits per heavy atom. The molecule has 2 aliphatic rings. The van der Waals surface area contributed by atoms with Crippen LogP contribution < -0.4 is 4.74 Å². The molecule has 0 spiro atoms. The number of aromatic amines is 1. The van der Waals surface area contributed by atoms with Crippen LogP contribution >= 0.6 is 0 Å². The van der Waals surface area contributed by atoms with E-state index in [9.17, 15) is 5.11 Å². The van der Waals surface area contributed by atoms with Crippen LogP contribution in [0.25, 0.3) is 39.0 Å². The molecule has 5 aromatic rings. The van der Waals surface area contributed by atoms with Gasteiger partial charge in [-0.05, 0) is 34.9 Å². The van der Waals surface area contributed by atoms with Crippen LogP contribution in [0.4, 0.5) is 8.78 Å². The third kappa shape index (κ3) is 3.85. The Morgan fingerprint density at radius 3 is 2.39 bits per heavy atom. The minimum Gasteiger partial charge on any atom is -0.456 e. The zero-order valence-electron chi connectivity index (χ0n) is 19.9. The third-order valence-corrected chi connectivity index (χ3v) is 7.04. The Hall–Kier alpha value is -4.12. The van der Waals surface area contributed by atoms with Crippen molar-refractivity contribution in [2.75, 3.05) is 13.2 Å². The van der Waals surface area contributed by atoms with Gasteiger partial charge in [0.05, 0.1) is 30.0 Å². The summed E-state index contributed by atoms with van der Waals surface area (Å²) in [4.78, 5) is 7.06. The van der Waals surface area contributed by atoms with Gasteiger partial charge in [0.25, 0.3) is 6.01 Å². The van der Waals surface area contributed by atoms with Gasteiger partial charge in [-0.3, -0.25) is 0 Å². The van der Waals surface area contributed by atoms with Crippen molar-refractivity contribution in [1.29, 1.82) is 0 Å². The lowest BCUT2D eigenvalue weighted by Gasteiger charge is -2.15. The van der Waals surface area contributed by atoms with Gasteiger partial charge in [-0.25, -0.2) is 13.5 Å². The number of fused-ring (bicyclic) bond motifs is 2. The average molecular weight is 517 g/mol. The van der Waals surface area contributed by atoms with E-state index in [1.165, 1.54) is 6.07 Å². The van der Waals surface area contributed by atoms with Crippen LogP contribution in [0.15, 0.2) is 73.1 Å². The first-order valence-corrected chi connectivity index (χ1v) is 12.2. The molecule has 2 aliphatic heterocycles. The molecule has 38 heavy (non-hydrogen) atoms. The van der Waals surface area contributed by atoms with Crippen molar-refractivity contribution in [3.8, 4) is 34.0 Å². The molecular weight excluding hydrogens is 494 g/mol.